The predicted octanol–water partition coefficient (Wildman–Crippen LogP) is 6.14. The quantitative estimate of drug-likeness (QED) is 0.371. The van der Waals surface area contributed by atoms with Crippen molar-refractivity contribution < 1.29 is 19.1 Å². The average Bonchev–Trinajstić information content (AvgIpc) is 3.58. The van der Waals surface area contributed by atoms with Crippen LogP contribution < -0.4 is 10.6 Å². The van der Waals surface area contributed by atoms with Crippen LogP contribution in [0.1, 0.15) is 82.7 Å². The van der Waals surface area contributed by atoms with Crippen LogP contribution in [0.4, 0.5) is 10.5 Å². The molecule has 3 rings (SSSR count). The number of hydrogen-bond donors (Lipinski definition) is 2. The Morgan fingerprint density at radius 2 is 1.65 bits per heavy atom. The third-order valence-electron chi connectivity index (χ3n) is 7.02. The number of alkyl carbamates (subject to hydrolysis) is 1. The molecule has 1 saturated carbocycles. The van der Waals surface area contributed by atoms with Gasteiger partial charge in [0.05, 0.1) is 0 Å². The van der Waals surface area contributed by atoms with E-state index >= 15 is 0 Å². The summed E-state index contributed by atoms with van der Waals surface area (Å²) in [5.41, 5.74) is 3.19. The van der Waals surface area contributed by atoms with Crippen LogP contribution in [-0.4, -0.2) is 40.5 Å². The van der Waals surface area contributed by atoms with E-state index < -0.39 is 23.8 Å². The van der Waals surface area contributed by atoms with Crippen molar-refractivity contribution in [3.8, 4) is 12.3 Å². The highest BCUT2D eigenvalue weighted by Gasteiger charge is 2.48. The SMILES string of the molecule is C#Cc1ccc(C(C(=O)Nc2c(C)cccc2C)N(C(=O)C(CC(C)C)NC(=O)OC(C)(C)C)C2CC2C)cc1. The Bertz CT molecular complexity index is 1250. The molecule has 1 aliphatic rings. The smallest absolute Gasteiger partial charge is 0.408 e. The predicted molar refractivity (Wildman–Crippen MR) is 159 cm³/mol. The van der Waals surface area contributed by atoms with Crippen LogP contribution in [0.25, 0.3) is 0 Å². The Balaban J connectivity index is 2.07. The summed E-state index contributed by atoms with van der Waals surface area (Å²) in [6, 6.07) is 11.0. The number of amides is 3. The van der Waals surface area contributed by atoms with Gasteiger partial charge >= 0.3 is 6.09 Å². The van der Waals surface area contributed by atoms with Crippen molar-refractivity contribution >= 4 is 23.6 Å². The van der Waals surface area contributed by atoms with Gasteiger partial charge in [0.15, 0.2) is 0 Å². The third kappa shape index (κ3) is 7.88. The lowest BCUT2D eigenvalue weighted by molar-refractivity contribution is -0.142. The third-order valence-corrected chi connectivity index (χ3v) is 7.02. The molecular weight excluding hydrogens is 502 g/mol. The number of hydrogen-bond acceptors (Lipinski definition) is 4. The highest BCUT2D eigenvalue weighted by Crippen LogP contribution is 2.41. The number of rotatable bonds is 9. The number of benzene rings is 2. The van der Waals surface area contributed by atoms with Crippen LogP contribution in [-0.2, 0) is 14.3 Å². The van der Waals surface area contributed by atoms with Crippen molar-refractivity contribution in [1.82, 2.24) is 10.2 Å². The largest absolute Gasteiger partial charge is 0.444 e. The summed E-state index contributed by atoms with van der Waals surface area (Å²) < 4.78 is 5.48. The summed E-state index contributed by atoms with van der Waals surface area (Å²) in [7, 11) is 0. The first-order valence-electron chi connectivity index (χ1n) is 14.0. The fourth-order valence-electron chi connectivity index (χ4n) is 4.90. The van der Waals surface area contributed by atoms with Crippen molar-refractivity contribution in [3.63, 3.8) is 0 Å². The van der Waals surface area contributed by atoms with Crippen LogP contribution >= 0.6 is 0 Å². The lowest BCUT2D eigenvalue weighted by atomic mass is 9.98. The zero-order chi connectivity index (χ0) is 29.8. The minimum Gasteiger partial charge on any atom is -0.444 e. The molecule has 4 atom stereocenters. The zero-order valence-corrected chi connectivity index (χ0v) is 25.0. The molecule has 0 saturated heterocycles. The van der Waals surface area contributed by atoms with E-state index in [1.165, 1.54) is 0 Å². The molecule has 7 nitrogen and oxygen atoms in total. The Morgan fingerprint density at radius 1 is 1.07 bits per heavy atom. The minimum atomic E-state index is -0.927. The number of aryl methyl sites for hydroxylation is 2. The second kappa shape index (κ2) is 12.6. The lowest BCUT2D eigenvalue weighted by Crippen LogP contribution is -2.53. The molecule has 7 heteroatoms. The first-order valence-corrected chi connectivity index (χ1v) is 14.0. The van der Waals surface area contributed by atoms with Gasteiger partial charge in [0.1, 0.15) is 17.7 Å². The van der Waals surface area contributed by atoms with Crippen LogP contribution in [0.15, 0.2) is 42.5 Å². The van der Waals surface area contributed by atoms with Gasteiger partial charge in [-0.2, -0.15) is 0 Å². The van der Waals surface area contributed by atoms with Crippen LogP contribution in [0, 0.1) is 38.0 Å². The van der Waals surface area contributed by atoms with Crippen LogP contribution in [0.3, 0.4) is 0 Å². The number of nitrogens with zero attached hydrogens (tertiary/aromatic N) is 1. The first-order chi connectivity index (χ1) is 18.7. The average molecular weight is 546 g/mol. The maximum absolute atomic E-state index is 14.4. The first kappa shape index (κ1) is 30.7. The fourth-order valence-corrected chi connectivity index (χ4v) is 4.90. The molecule has 0 radical (unpaired) electrons. The molecule has 1 fully saturated rings. The van der Waals surface area contributed by atoms with Gasteiger partial charge in [-0.05, 0) is 88.1 Å². The van der Waals surface area contributed by atoms with Crippen molar-refractivity contribution in [3.05, 3.63) is 64.7 Å². The summed E-state index contributed by atoms with van der Waals surface area (Å²) in [6.07, 6.45) is 6.09. The standard InChI is InChI=1S/C33H43N3O4/c1-10-24-14-16-25(17-15-24)29(30(37)35-28-21(4)12-11-13-22(28)5)36(27-19-23(27)6)31(38)26(18-20(2)3)34-32(39)40-33(7,8)9/h1,11-17,20,23,26-27,29H,18-19H2,2-9H3,(H,34,39)(H,35,37). The summed E-state index contributed by atoms with van der Waals surface area (Å²) in [6.45, 7) is 15.2. The van der Waals surface area contributed by atoms with Crippen molar-refractivity contribution in [2.24, 2.45) is 11.8 Å². The van der Waals surface area contributed by atoms with E-state index in [9.17, 15) is 14.4 Å². The van der Waals surface area contributed by atoms with Gasteiger partial charge in [0, 0.05) is 17.3 Å². The van der Waals surface area contributed by atoms with Gasteiger partial charge in [0.25, 0.3) is 5.91 Å². The summed E-state index contributed by atoms with van der Waals surface area (Å²) in [5.74, 6) is 2.30. The maximum Gasteiger partial charge on any atom is 0.408 e. The Hall–Kier alpha value is -3.79. The Labute approximate surface area is 239 Å². The van der Waals surface area contributed by atoms with Gasteiger partial charge in [-0.15, -0.1) is 6.42 Å². The second-order valence-electron chi connectivity index (χ2n) is 12.3. The molecule has 3 amide bonds. The monoisotopic (exact) mass is 545 g/mol. The molecule has 0 heterocycles. The van der Waals surface area contributed by atoms with Crippen molar-refractivity contribution in [2.45, 2.75) is 92.0 Å². The molecule has 40 heavy (non-hydrogen) atoms. The molecule has 0 spiro atoms. The number of anilines is 1. The normalized spacial score (nSPS) is 17.8. The summed E-state index contributed by atoms with van der Waals surface area (Å²) in [4.78, 5) is 43.0. The maximum atomic E-state index is 14.4. The Morgan fingerprint density at radius 3 is 2.12 bits per heavy atom. The van der Waals surface area contributed by atoms with E-state index in [1.807, 2.05) is 45.9 Å². The highest BCUT2D eigenvalue weighted by atomic mass is 16.6. The topological polar surface area (TPSA) is 87.7 Å². The van der Waals surface area contributed by atoms with E-state index in [2.05, 4.69) is 23.5 Å². The molecule has 0 aliphatic heterocycles. The number of ether oxygens (including phenoxy) is 1. The van der Waals surface area contributed by atoms with E-state index in [-0.39, 0.29) is 29.7 Å². The minimum absolute atomic E-state index is 0.110. The van der Waals surface area contributed by atoms with Crippen molar-refractivity contribution in [1.29, 1.82) is 0 Å². The number of para-hydroxylation sites is 1. The number of nitrogens with one attached hydrogen (secondary N) is 2. The molecular formula is C33H43N3O4. The summed E-state index contributed by atoms with van der Waals surface area (Å²) >= 11 is 0. The van der Waals surface area contributed by atoms with Gasteiger partial charge in [-0.3, -0.25) is 9.59 Å². The molecule has 0 aromatic heterocycles. The highest BCUT2D eigenvalue weighted by molar-refractivity contribution is 6.00. The van der Waals surface area contributed by atoms with E-state index in [1.54, 1.807) is 49.9 Å². The van der Waals surface area contributed by atoms with E-state index in [0.29, 0.717) is 17.5 Å². The number of carbonyl (C=O) groups is 3. The molecule has 0 bridgehead atoms. The molecule has 1 aliphatic carbocycles. The van der Waals surface area contributed by atoms with Gasteiger partial charge in [-0.25, -0.2) is 4.79 Å². The molecule has 2 aromatic rings. The molecule has 214 valence electrons. The van der Waals surface area contributed by atoms with Crippen molar-refractivity contribution in [2.75, 3.05) is 5.32 Å². The molecule has 2 aromatic carbocycles. The van der Waals surface area contributed by atoms with Gasteiger partial charge in [0.2, 0.25) is 5.91 Å². The fraction of sp³-hybridized carbons (Fsp3) is 0.485. The van der Waals surface area contributed by atoms with E-state index in [0.717, 1.165) is 23.2 Å². The number of terminal acetylenes is 1. The Kier molecular flexibility index (Phi) is 9.68. The van der Waals surface area contributed by atoms with Crippen LogP contribution in [0.2, 0.25) is 0 Å². The van der Waals surface area contributed by atoms with Gasteiger partial charge in [-0.1, -0.05) is 57.0 Å². The lowest BCUT2D eigenvalue weighted by Gasteiger charge is -2.35. The van der Waals surface area contributed by atoms with Crippen LogP contribution in [0.5, 0.6) is 0 Å². The number of carbonyl (C=O) groups excluding carboxylic acids is 3. The molecule has 2 N–H and O–H groups in total. The molecule has 4 unspecified atom stereocenters. The second-order valence-corrected chi connectivity index (χ2v) is 12.3. The van der Waals surface area contributed by atoms with Gasteiger partial charge < -0.3 is 20.3 Å². The zero-order valence-electron chi connectivity index (χ0n) is 25.0. The van der Waals surface area contributed by atoms with E-state index in [4.69, 9.17) is 11.2 Å². The summed E-state index contributed by atoms with van der Waals surface area (Å²) in [5, 5.41) is 5.91.